The number of aliphatic hydroxyl groups is 1. The molecule has 0 atom stereocenters. The fraction of sp³-hybridized carbons (Fsp3) is 0.105. The number of carbonyl (C=O) groups excluding carboxylic acids is 1. The Bertz CT molecular complexity index is 713. The minimum Gasteiger partial charge on any atom is -0.372 e. The van der Waals surface area contributed by atoms with Gasteiger partial charge in [-0.05, 0) is 23.3 Å². The molecule has 0 bridgehead atoms. The molecular weight excluding hydrogens is 288 g/mol. The van der Waals surface area contributed by atoms with Crippen LogP contribution in [0.3, 0.4) is 0 Å². The zero-order chi connectivity index (χ0) is 16.1. The normalized spacial score (nSPS) is 11.2. The summed E-state index contributed by atoms with van der Waals surface area (Å²) in [4.78, 5) is 15.8. The van der Waals surface area contributed by atoms with E-state index in [4.69, 9.17) is 0 Å². The van der Waals surface area contributed by atoms with Gasteiger partial charge in [-0.2, -0.15) is 0 Å². The first-order valence-electron chi connectivity index (χ1n) is 7.45. The minimum atomic E-state index is -1.73. The molecule has 1 amide bonds. The predicted molar refractivity (Wildman–Crippen MR) is 88.5 cm³/mol. The Morgan fingerprint density at radius 3 is 1.96 bits per heavy atom. The monoisotopic (exact) mass is 306 g/mol. The van der Waals surface area contributed by atoms with Gasteiger partial charge in [0.2, 0.25) is 0 Å². The topological polar surface area (TPSA) is 65.1 Å². The van der Waals surface area contributed by atoms with Crippen molar-refractivity contribution >= 4 is 5.91 Å². The smallest absolute Gasteiger partial charge is 0.261 e. The van der Waals surface area contributed by atoms with Gasteiger partial charge < -0.3 is 15.4 Å². The highest BCUT2D eigenvalue weighted by Crippen LogP contribution is 2.29. The Morgan fingerprint density at radius 1 is 0.913 bits per heavy atom. The Morgan fingerprint density at radius 2 is 1.48 bits per heavy atom. The summed E-state index contributed by atoms with van der Waals surface area (Å²) in [6.45, 7) is 0.327. The lowest BCUT2D eigenvalue weighted by atomic mass is 9.85. The second kappa shape index (κ2) is 6.50. The van der Waals surface area contributed by atoms with E-state index in [2.05, 4.69) is 10.3 Å². The van der Waals surface area contributed by atoms with E-state index in [-0.39, 0.29) is 0 Å². The predicted octanol–water partition coefficient (Wildman–Crippen LogP) is 2.57. The van der Waals surface area contributed by atoms with Gasteiger partial charge in [0.25, 0.3) is 5.91 Å². The number of carbonyl (C=O) groups is 1. The molecule has 3 N–H and O–H groups in total. The van der Waals surface area contributed by atoms with Crippen molar-refractivity contribution in [2.75, 3.05) is 0 Å². The van der Waals surface area contributed by atoms with E-state index in [1.807, 2.05) is 48.5 Å². The SMILES string of the molecule is O=C(NCc1ccc[nH]1)C(O)(c1ccccc1)c1ccccc1. The molecule has 1 heterocycles. The third-order valence-electron chi connectivity index (χ3n) is 3.81. The molecule has 23 heavy (non-hydrogen) atoms. The van der Waals surface area contributed by atoms with Crippen molar-refractivity contribution in [3.8, 4) is 0 Å². The van der Waals surface area contributed by atoms with Crippen molar-refractivity contribution in [1.29, 1.82) is 0 Å². The zero-order valence-corrected chi connectivity index (χ0v) is 12.6. The van der Waals surface area contributed by atoms with Crippen molar-refractivity contribution in [1.82, 2.24) is 10.3 Å². The van der Waals surface area contributed by atoms with E-state index in [0.29, 0.717) is 17.7 Å². The van der Waals surface area contributed by atoms with Crippen molar-refractivity contribution in [3.05, 3.63) is 95.8 Å². The van der Waals surface area contributed by atoms with E-state index >= 15 is 0 Å². The van der Waals surface area contributed by atoms with Crippen LogP contribution in [0.15, 0.2) is 79.0 Å². The van der Waals surface area contributed by atoms with Crippen LogP contribution in [0, 0.1) is 0 Å². The maximum absolute atomic E-state index is 12.8. The molecule has 0 fully saturated rings. The Balaban J connectivity index is 1.93. The molecule has 116 valence electrons. The highest BCUT2D eigenvalue weighted by molar-refractivity contribution is 5.90. The maximum Gasteiger partial charge on any atom is 0.261 e. The summed E-state index contributed by atoms with van der Waals surface area (Å²) in [6.07, 6.45) is 1.79. The van der Waals surface area contributed by atoms with E-state index in [0.717, 1.165) is 5.69 Å². The molecule has 3 rings (SSSR count). The van der Waals surface area contributed by atoms with Gasteiger partial charge in [-0.1, -0.05) is 60.7 Å². The van der Waals surface area contributed by atoms with Gasteiger partial charge in [-0.3, -0.25) is 4.79 Å². The average molecular weight is 306 g/mol. The number of hydrogen-bond acceptors (Lipinski definition) is 2. The van der Waals surface area contributed by atoms with Crippen LogP contribution in [0.4, 0.5) is 0 Å². The first-order chi connectivity index (χ1) is 11.2. The molecule has 0 aliphatic heterocycles. The van der Waals surface area contributed by atoms with Crippen molar-refractivity contribution in [2.24, 2.45) is 0 Å². The van der Waals surface area contributed by atoms with Crippen LogP contribution in [-0.2, 0) is 16.9 Å². The molecule has 4 nitrogen and oxygen atoms in total. The third kappa shape index (κ3) is 3.03. The first kappa shape index (κ1) is 15.1. The van der Waals surface area contributed by atoms with Crippen molar-refractivity contribution in [3.63, 3.8) is 0 Å². The molecule has 0 saturated heterocycles. The van der Waals surface area contributed by atoms with Gasteiger partial charge in [-0.25, -0.2) is 0 Å². The summed E-state index contributed by atoms with van der Waals surface area (Å²) in [6, 6.07) is 21.7. The molecular formula is C19H18N2O2. The number of H-pyrrole nitrogens is 1. The number of benzene rings is 2. The fourth-order valence-corrected chi connectivity index (χ4v) is 2.57. The molecule has 0 spiro atoms. The summed E-state index contributed by atoms with van der Waals surface area (Å²) >= 11 is 0. The average Bonchev–Trinajstić information content (AvgIpc) is 3.14. The van der Waals surface area contributed by atoms with Crippen LogP contribution < -0.4 is 5.32 Å². The second-order valence-corrected chi connectivity index (χ2v) is 5.32. The summed E-state index contributed by atoms with van der Waals surface area (Å²) < 4.78 is 0. The van der Waals surface area contributed by atoms with E-state index in [1.54, 1.807) is 30.5 Å². The minimum absolute atomic E-state index is 0.327. The van der Waals surface area contributed by atoms with Crippen LogP contribution in [-0.4, -0.2) is 16.0 Å². The number of amides is 1. The molecule has 0 radical (unpaired) electrons. The number of aromatic nitrogens is 1. The fourth-order valence-electron chi connectivity index (χ4n) is 2.57. The summed E-state index contributed by atoms with van der Waals surface area (Å²) in [5.41, 5.74) is 0.224. The molecule has 3 aromatic rings. The van der Waals surface area contributed by atoms with Gasteiger partial charge in [0.1, 0.15) is 0 Å². The molecule has 0 unspecified atom stereocenters. The highest BCUT2D eigenvalue weighted by Gasteiger charge is 2.39. The van der Waals surface area contributed by atoms with Crippen LogP contribution in [0.1, 0.15) is 16.8 Å². The quantitative estimate of drug-likeness (QED) is 0.678. The Hall–Kier alpha value is -2.85. The third-order valence-corrected chi connectivity index (χ3v) is 3.81. The number of aromatic amines is 1. The van der Waals surface area contributed by atoms with Gasteiger partial charge in [0.05, 0.1) is 6.54 Å². The number of nitrogens with one attached hydrogen (secondary N) is 2. The Labute approximate surface area is 134 Å². The van der Waals surface area contributed by atoms with Gasteiger partial charge in [0, 0.05) is 11.9 Å². The van der Waals surface area contributed by atoms with Gasteiger partial charge in [0.15, 0.2) is 5.60 Å². The summed E-state index contributed by atoms with van der Waals surface area (Å²) in [5.74, 6) is -0.454. The molecule has 0 aliphatic rings. The van der Waals surface area contributed by atoms with Gasteiger partial charge in [-0.15, -0.1) is 0 Å². The zero-order valence-electron chi connectivity index (χ0n) is 12.6. The maximum atomic E-state index is 12.8. The first-order valence-corrected chi connectivity index (χ1v) is 7.45. The lowest BCUT2D eigenvalue weighted by Crippen LogP contribution is -2.45. The van der Waals surface area contributed by atoms with Crippen LogP contribution in [0.25, 0.3) is 0 Å². The Kier molecular flexibility index (Phi) is 4.26. The van der Waals surface area contributed by atoms with Gasteiger partial charge >= 0.3 is 0 Å². The van der Waals surface area contributed by atoms with E-state index < -0.39 is 11.5 Å². The van der Waals surface area contributed by atoms with Crippen molar-refractivity contribution in [2.45, 2.75) is 12.1 Å². The second-order valence-electron chi connectivity index (χ2n) is 5.32. The number of rotatable bonds is 5. The summed E-state index contributed by atoms with van der Waals surface area (Å²) in [7, 11) is 0. The van der Waals surface area contributed by atoms with Crippen molar-refractivity contribution < 1.29 is 9.90 Å². The van der Waals surface area contributed by atoms with E-state index in [9.17, 15) is 9.90 Å². The molecule has 0 saturated carbocycles. The number of hydrogen-bond donors (Lipinski definition) is 3. The highest BCUT2D eigenvalue weighted by atomic mass is 16.3. The molecule has 0 aliphatic carbocycles. The van der Waals surface area contributed by atoms with E-state index in [1.165, 1.54) is 0 Å². The molecule has 2 aromatic carbocycles. The largest absolute Gasteiger partial charge is 0.372 e. The van der Waals surface area contributed by atoms with Crippen LogP contribution in [0.2, 0.25) is 0 Å². The lowest BCUT2D eigenvalue weighted by Gasteiger charge is -2.28. The van der Waals surface area contributed by atoms with Crippen LogP contribution >= 0.6 is 0 Å². The lowest BCUT2D eigenvalue weighted by molar-refractivity contribution is -0.136. The molecule has 4 heteroatoms. The summed E-state index contributed by atoms with van der Waals surface area (Å²) in [5, 5.41) is 14.0. The standard InChI is InChI=1S/C19H18N2O2/c22-18(21-14-17-12-7-13-20-17)19(23,15-8-3-1-4-9-15)16-10-5-2-6-11-16/h1-13,20,23H,14H2,(H,21,22). The molecule has 1 aromatic heterocycles. The van der Waals surface area contributed by atoms with Crippen LogP contribution in [0.5, 0.6) is 0 Å².